The highest BCUT2D eigenvalue weighted by Gasteiger charge is 2.22. The van der Waals surface area contributed by atoms with E-state index in [-0.39, 0.29) is 11.9 Å². The maximum atomic E-state index is 12.1. The molecule has 1 fully saturated rings. The van der Waals surface area contributed by atoms with Gasteiger partial charge in [0.05, 0.1) is 0 Å². The molecule has 4 heteroatoms. The van der Waals surface area contributed by atoms with Crippen molar-refractivity contribution in [1.29, 1.82) is 0 Å². The maximum absolute atomic E-state index is 12.1. The minimum Gasteiger partial charge on any atom is -0.337 e. The molecule has 0 bridgehead atoms. The number of rotatable bonds is 5. The summed E-state index contributed by atoms with van der Waals surface area (Å²) in [6.45, 7) is 10.1. The lowest BCUT2D eigenvalue weighted by molar-refractivity contribution is -0.133. The van der Waals surface area contributed by atoms with E-state index in [1.807, 2.05) is 24.0 Å². The van der Waals surface area contributed by atoms with Crippen LogP contribution in [0.3, 0.4) is 0 Å². The molecule has 1 amide bonds. The van der Waals surface area contributed by atoms with Crippen molar-refractivity contribution in [1.82, 2.24) is 10.2 Å². The number of hydrogen-bond acceptors (Lipinski definition) is 3. The third-order valence-corrected chi connectivity index (χ3v) is 3.09. The van der Waals surface area contributed by atoms with Gasteiger partial charge in [-0.15, -0.1) is 0 Å². The highest BCUT2D eigenvalue weighted by atomic mass is 16.2. The molecule has 0 spiro atoms. The van der Waals surface area contributed by atoms with Gasteiger partial charge in [0.25, 0.3) is 0 Å². The molecule has 1 aliphatic heterocycles. The number of amides is 1. The van der Waals surface area contributed by atoms with Gasteiger partial charge >= 0.3 is 0 Å². The fourth-order valence-electron chi connectivity index (χ4n) is 2.13. The van der Waals surface area contributed by atoms with E-state index in [0.717, 1.165) is 31.6 Å². The maximum Gasteiger partial charge on any atom is 0.223 e. The summed E-state index contributed by atoms with van der Waals surface area (Å²) in [7, 11) is 0. The van der Waals surface area contributed by atoms with E-state index in [4.69, 9.17) is 0 Å². The second-order valence-corrected chi connectivity index (χ2v) is 4.53. The van der Waals surface area contributed by atoms with Crippen LogP contribution in [0, 0.1) is 0 Å². The summed E-state index contributed by atoms with van der Waals surface area (Å²) in [5.41, 5.74) is 1.05. The Hall–Kier alpha value is -1.42. The summed E-state index contributed by atoms with van der Waals surface area (Å²) < 4.78 is 0. The largest absolute Gasteiger partial charge is 0.337 e. The second-order valence-electron chi connectivity index (χ2n) is 4.53. The highest BCUT2D eigenvalue weighted by molar-refractivity contribution is 5.77. The number of carbonyl (C=O) groups excluding carboxylic acids is 1. The van der Waals surface area contributed by atoms with Crippen molar-refractivity contribution in [2.24, 2.45) is 4.99 Å². The Kier molecular flexibility index (Phi) is 6.36. The van der Waals surface area contributed by atoms with Crippen molar-refractivity contribution < 1.29 is 4.79 Å². The molecule has 0 aromatic heterocycles. The first kappa shape index (κ1) is 14.6. The van der Waals surface area contributed by atoms with Crippen LogP contribution in [-0.4, -0.2) is 43.2 Å². The van der Waals surface area contributed by atoms with Crippen molar-refractivity contribution in [3.8, 4) is 0 Å². The lowest BCUT2D eigenvalue weighted by Gasteiger charge is -2.34. The van der Waals surface area contributed by atoms with Gasteiger partial charge < -0.3 is 10.2 Å². The van der Waals surface area contributed by atoms with Crippen LogP contribution in [0.25, 0.3) is 0 Å². The first-order valence-electron chi connectivity index (χ1n) is 6.46. The quantitative estimate of drug-likeness (QED) is 0.596. The van der Waals surface area contributed by atoms with E-state index in [1.165, 1.54) is 0 Å². The zero-order chi connectivity index (χ0) is 13.4. The van der Waals surface area contributed by atoms with Crippen LogP contribution in [0.5, 0.6) is 0 Å². The lowest BCUT2D eigenvalue weighted by atomic mass is 10.1. The van der Waals surface area contributed by atoms with Crippen LogP contribution in [-0.2, 0) is 4.79 Å². The molecule has 1 heterocycles. The van der Waals surface area contributed by atoms with Gasteiger partial charge in [-0.05, 0) is 32.6 Å². The lowest BCUT2D eigenvalue weighted by Crippen LogP contribution is -2.52. The predicted octanol–water partition coefficient (Wildman–Crippen LogP) is 1.75. The van der Waals surface area contributed by atoms with Gasteiger partial charge in [0, 0.05) is 38.3 Å². The third-order valence-electron chi connectivity index (χ3n) is 3.09. The standard InChI is InChI=1S/C14H23N3O/c1-4-5-13(11-15-3)6-7-14(18)17-9-8-16-10-12(17)2/h4-5,11-12,16H,3,6-10H2,1-2H3/b5-4-,13-11+. The molecular weight excluding hydrogens is 226 g/mol. The SMILES string of the molecule is C=N/C=C(\C=C/C)CCC(=O)N1CCNCC1C. The van der Waals surface area contributed by atoms with E-state index in [2.05, 4.69) is 24.0 Å². The van der Waals surface area contributed by atoms with Crippen molar-refractivity contribution in [2.75, 3.05) is 19.6 Å². The van der Waals surface area contributed by atoms with Crippen molar-refractivity contribution in [3.05, 3.63) is 23.9 Å². The third kappa shape index (κ3) is 4.45. The Morgan fingerprint density at radius 2 is 2.33 bits per heavy atom. The molecule has 1 unspecified atom stereocenters. The smallest absolute Gasteiger partial charge is 0.223 e. The molecule has 4 nitrogen and oxygen atoms in total. The molecule has 0 radical (unpaired) electrons. The van der Waals surface area contributed by atoms with E-state index in [0.29, 0.717) is 6.42 Å². The summed E-state index contributed by atoms with van der Waals surface area (Å²) in [5, 5.41) is 3.29. The molecule has 100 valence electrons. The fourth-order valence-corrected chi connectivity index (χ4v) is 2.13. The van der Waals surface area contributed by atoms with Gasteiger partial charge in [-0.25, -0.2) is 0 Å². The van der Waals surface area contributed by atoms with Gasteiger partial charge in [0.1, 0.15) is 0 Å². The van der Waals surface area contributed by atoms with E-state index in [9.17, 15) is 4.79 Å². The summed E-state index contributed by atoms with van der Waals surface area (Å²) in [6.07, 6.45) is 6.90. The fraction of sp³-hybridized carbons (Fsp3) is 0.571. The Bertz CT molecular complexity index is 347. The molecule has 0 aliphatic carbocycles. The second kappa shape index (κ2) is 7.82. The number of carbonyl (C=O) groups is 1. The van der Waals surface area contributed by atoms with Gasteiger partial charge in [0.15, 0.2) is 0 Å². The van der Waals surface area contributed by atoms with Gasteiger partial charge in [-0.2, -0.15) is 0 Å². The first-order valence-corrected chi connectivity index (χ1v) is 6.46. The molecule has 0 aromatic carbocycles. The number of nitrogens with zero attached hydrogens (tertiary/aromatic N) is 2. The van der Waals surface area contributed by atoms with Crippen LogP contribution >= 0.6 is 0 Å². The zero-order valence-corrected chi connectivity index (χ0v) is 11.4. The van der Waals surface area contributed by atoms with Gasteiger partial charge in [0.2, 0.25) is 5.91 Å². The zero-order valence-electron chi connectivity index (χ0n) is 11.4. The number of aliphatic imine (C=N–C) groups is 1. The monoisotopic (exact) mass is 249 g/mol. The van der Waals surface area contributed by atoms with Crippen LogP contribution < -0.4 is 5.32 Å². The Morgan fingerprint density at radius 3 is 2.94 bits per heavy atom. The topological polar surface area (TPSA) is 44.7 Å². The molecule has 1 atom stereocenters. The Balaban J connectivity index is 2.48. The molecule has 18 heavy (non-hydrogen) atoms. The number of nitrogens with one attached hydrogen (secondary N) is 1. The number of allylic oxidation sites excluding steroid dienone is 3. The van der Waals surface area contributed by atoms with Crippen molar-refractivity contribution in [3.63, 3.8) is 0 Å². The number of piperazine rings is 1. The van der Waals surface area contributed by atoms with Gasteiger partial charge in [-0.1, -0.05) is 12.2 Å². The molecule has 0 saturated carbocycles. The normalized spacial score (nSPS) is 21.3. The minimum absolute atomic E-state index is 0.225. The summed E-state index contributed by atoms with van der Waals surface area (Å²) in [5.74, 6) is 0.225. The summed E-state index contributed by atoms with van der Waals surface area (Å²) >= 11 is 0. The molecule has 1 aliphatic rings. The summed E-state index contributed by atoms with van der Waals surface area (Å²) in [6, 6.07) is 0.290. The van der Waals surface area contributed by atoms with Crippen LogP contribution in [0.2, 0.25) is 0 Å². The van der Waals surface area contributed by atoms with E-state index >= 15 is 0 Å². The average molecular weight is 249 g/mol. The molecule has 1 rings (SSSR count). The van der Waals surface area contributed by atoms with E-state index in [1.54, 1.807) is 6.20 Å². The van der Waals surface area contributed by atoms with Crippen molar-refractivity contribution in [2.45, 2.75) is 32.7 Å². The number of hydrogen-bond donors (Lipinski definition) is 1. The Morgan fingerprint density at radius 1 is 1.56 bits per heavy atom. The average Bonchev–Trinajstić information content (AvgIpc) is 2.36. The van der Waals surface area contributed by atoms with Crippen LogP contribution in [0.15, 0.2) is 28.9 Å². The van der Waals surface area contributed by atoms with Crippen molar-refractivity contribution >= 4 is 12.6 Å². The van der Waals surface area contributed by atoms with E-state index < -0.39 is 0 Å². The first-order chi connectivity index (χ1) is 8.69. The van der Waals surface area contributed by atoms with Crippen LogP contribution in [0.4, 0.5) is 0 Å². The Labute approximate surface area is 109 Å². The minimum atomic E-state index is 0.225. The van der Waals surface area contributed by atoms with Gasteiger partial charge in [-0.3, -0.25) is 9.79 Å². The van der Waals surface area contributed by atoms with Crippen LogP contribution in [0.1, 0.15) is 26.7 Å². The highest BCUT2D eigenvalue weighted by Crippen LogP contribution is 2.12. The predicted molar refractivity (Wildman–Crippen MR) is 75.7 cm³/mol. The molecule has 0 aromatic rings. The molecule has 1 saturated heterocycles. The molecular formula is C14H23N3O. The summed E-state index contributed by atoms with van der Waals surface area (Å²) in [4.78, 5) is 17.8. The molecule has 1 N–H and O–H groups in total.